The fourth-order valence-corrected chi connectivity index (χ4v) is 1.87. The standard InChI is InChI=1S/C8H5IN4O2/c9-7-3-6(13(14)15)1-2-8(7)12-5-10-4-11-12/h1-5H. The van der Waals surface area contributed by atoms with Crippen LogP contribution in [0.25, 0.3) is 5.69 Å². The Kier molecular flexibility index (Phi) is 2.62. The van der Waals surface area contributed by atoms with Crippen molar-refractivity contribution in [1.82, 2.24) is 14.8 Å². The van der Waals surface area contributed by atoms with E-state index in [1.165, 1.54) is 18.5 Å². The minimum absolute atomic E-state index is 0.0725. The number of nitrogens with zero attached hydrogens (tertiary/aromatic N) is 4. The molecule has 0 aliphatic heterocycles. The molecule has 0 bridgehead atoms. The fraction of sp³-hybridized carbons (Fsp3) is 0. The summed E-state index contributed by atoms with van der Waals surface area (Å²) in [5.74, 6) is 0. The van der Waals surface area contributed by atoms with E-state index in [1.807, 2.05) is 22.6 Å². The van der Waals surface area contributed by atoms with E-state index in [4.69, 9.17) is 0 Å². The first-order valence-corrected chi connectivity index (χ1v) is 5.05. The lowest BCUT2D eigenvalue weighted by molar-refractivity contribution is -0.384. The van der Waals surface area contributed by atoms with Gasteiger partial charge in [-0.25, -0.2) is 9.67 Å². The molecule has 6 nitrogen and oxygen atoms in total. The second-order valence-corrected chi connectivity index (χ2v) is 3.90. The number of halogens is 1. The third kappa shape index (κ3) is 1.96. The third-order valence-corrected chi connectivity index (χ3v) is 2.67. The molecule has 0 unspecified atom stereocenters. The van der Waals surface area contributed by atoms with Crippen LogP contribution in [0.3, 0.4) is 0 Å². The van der Waals surface area contributed by atoms with E-state index in [0.29, 0.717) is 0 Å². The summed E-state index contributed by atoms with van der Waals surface area (Å²) in [4.78, 5) is 13.9. The Bertz CT molecular complexity index is 497. The van der Waals surface area contributed by atoms with Crippen LogP contribution in [0.15, 0.2) is 30.9 Å². The lowest BCUT2D eigenvalue weighted by atomic mass is 10.3. The summed E-state index contributed by atoms with van der Waals surface area (Å²) >= 11 is 2.03. The molecule has 0 fully saturated rings. The lowest BCUT2D eigenvalue weighted by Crippen LogP contribution is -1.98. The van der Waals surface area contributed by atoms with Crippen LogP contribution in [0.4, 0.5) is 5.69 Å². The molecule has 1 heterocycles. The van der Waals surface area contributed by atoms with Crippen LogP contribution in [-0.2, 0) is 0 Å². The van der Waals surface area contributed by atoms with Gasteiger partial charge in [-0.15, -0.1) is 0 Å². The van der Waals surface area contributed by atoms with Gasteiger partial charge in [-0.05, 0) is 28.7 Å². The van der Waals surface area contributed by atoms with Crippen molar-refractivity contribution >= 4 is 28.3 Å². The van der Waals surface area contributed by atoms with Gasteiger partial charge in [0.15, 0.2) is 0 Å². The maximum atomic E-state index is 10.5. The van der Waals surface area contributed by atoms with Crippen LogP contribution in [0.2, 0.25) is 0 Å². The van der Waals surface area contributed by atoms with Crippen molar-refractivity contribution in [2.75, 3.05) is 0 Å². The van der Waals surface area contributed by atoms with Gasteiger partial charge in [0.1, 0.15) is 12.7 Å². The van der Waals surface area contributed by atoms with Gasteiger partial charge in [0.05, 0.1) is 10.6 Å². The van der Waals surface area contributed by atoms with Gasteiger partial charge in [0.2, 0.25) is 0 Å². The molecule has 0 saturated carbocycles. The first-order valence-electron chi connectivity index (χ1n) is 3.97. The van der Waals surface area contributed by atoms with Crippen LogP contribution in [0.5, 0.6) is 0 Å². The largest absolute Gasteiger partial charge is 0.270 e. The second kappa shape index (κ2) is 3.93. The highest BCUT2D eigenvalue weighted by molar-refractivity contribution is 14.1. The Hall–Kier alpha value is -1.51. The molecule has 0 aliphatic carbocycles. The van der Waals surface area contributed by atoms with E-state index in [1.54, 1.807) is 17.1 Å². The Balaban J connectivity index is 2.48. The van der Waals surface area contributed by atoms with Crippen molar-refractivity contribution in [3.63, 3.8) is 0 Å². The molecular formula is C8H5IN4O2. The molecule has 0 atom stereocenters. The smallest absolute Gasteiger partial charge is 0.258 e. The lowest BCUT2D eigenvalue weighted by Gasteiger charge is -2.02. The van der Waals surface area contributed by atoms with Crippen LogP contribution >= 0.6 is 22.6 Å². The van der Waals surface area contributed by atoms with Crippen molar-refractivity contribution in [2.45, 2.75) is 0 Å². The monoisotopic (exact) mass is 316 g/mol. The molecule has 1 aromatic carbocycles. The number of rotatable bonds is 2. The van der Waals surface area contributed by atoms with Gasteiger partial charge in [-0.3, -0.25) is 10.1 Å². The molecule has 0 radical (unpaired) electrons. The summed E-state index contributed by atoms with van der Waals surface area (Å²) in [5, 5.41) is 14.5. The van der Waals surface area contributed by atoms with Gasteiger partial charge in [-0.2, -0.15) is 5.10 Å². The number of non-ortho nitro benzene ring substituents is 1. The highest BCUT2D eigenvalue weighted by Gasteiger charge is 2.10. The quantitative estimate of drug-likeness (QED) is 0.481. The number of benzene rings is 1. The second-order valence-electron chi connectivity index (χ2n) is 2.73. The zero-order valence-corrected chi connectivity index (χ0v) is 9.53. The highest BCUT2D eigenvalue weighted by Crippen LogP contribution is 2.21. The number of hydrogen-bond donors (Lipinski definition) is 0. The van der Waals surface area contributed by atoms with Gasteiger partial charge in [0, 0.05) is 15.7 Å². The summed E-state index contributed by atoms with van der Waals surface area (Å²) in [6, 6.07) is 4.59. The predicted molar refractivity (Wildman–Crippen MR) is 60.7 cm³/mol. The zero-order chi connectivity index (χ0) is 10.8. The summed E-state index contributed by atoms with van der Waals surface area (Å²) < 4.78 is 2.32. The Morgan fingerprint density at radius 3 is 2.80 bits per heavy atom. The minimum Gasteiger partial charge on any atom is -0.258 e. The van der Waals surface area contributed by atoms with E-state index in [-0.39, 0.29) is 5.69 Å². The molecule has 1 aromatic heterocycles. The van der Waals surface area contributed by atoms with Crippen molar-refractivity contribution < 1.29 is 4.92 Å². The van der Waals surface area contributed by atoms with E-state index in [9.17, 15) is 10.1 Å². The van der Waals surface area contributed by atoms with Gasteiger partial charge >= 0.3 is 0 Å². The van der Waals surface area contributed by atoms with Crippen LogP contribution in [-0.4, -0.2) is 19.7 Å². The summed E-state index contributed by atoms with van der Waals surface area (Å²) in [6.07, 6.45) is 2.96. The Labute approximate surface area is 98.2 Å². The Morgan fingerprint density at radius 1 is 1.47 bits per heavy atom. The zero-order valence-electron chi connectivity index (χ0n) is 7.37. The van der Waals surface area contributed by atoms with E-state index in [0.717, 1.165) is 9.26 Å². The molecule has 76 valence electrons. The van der Waals surface area contributed by atoms with Crippen molar-refractivity contribution in [1.29, 1.82) is 0 Å². The molecule has 0 saturated heterocycles. The summed E-state index contributed by atoms with van der Waals surface area (Å²) in [5.41, 5.74) is 0.849. The number of aromatic nitrogens is 3. The molecule has 7 heteroatoms. The van der Waals surface area contributed by atoms with E-state index in [2.05, 4.69) is 10.1 Å². The molecule has 2 aromatic rings. The maximum Gasteiger partial charge on any atom is 0.270 e. The topological polar surface area (TPSA) is 73.8 Å². The molecule has 15 heavy (non-hydrogen) atoms. The van der Waals surface area contributed by atoms with Gasteiger partial charge in [-0.1, -0.05) is 0 Å². The molecular weight excluding hydrogens is 311 g/mol. The first kappa shape index (κ1) is 10.0. The van der Waals surface area contributed by atoms with Gasteiger partial charge < -0.3 is 0 Å². The minimum atomic E-state index is -0.423. The molecule has 2 rings (SSSR count). The predicted octanol–water partition coefficient (Wildman–Crippen LogP) is 1.78. The molecule has 0 spiro atoms. The summed E-state index contributed by atoms with van der Waals surface area (Å²) in [7, 11) is 0. The van der Waals surface area contributed by atoms with E-state index >= 15 is 0 Å². The van der Waals surface area contributed by atoms with Crippen LogP contribution in [0.1, 0.15) is 0 Å². The third-order valence-electron chi connectivity index (χ3n) is 1.81. The normalized spacial score (nSPS) is 10.2. The number of nitro benzene ring substituents is 1. The average Bonchev–Trinajstić information content (AvgIpc) is 2.70. The van der Waals surface area contributed by atoms with Gasteiger partial charge in [0.25, 0.3) is 5.69 Å². The highest BCUT2D eigenvalue weighted by atomic mass is 127. The maximum absolute atomic E-state index is 10.5. The fourth-order valence-electron chi connectivity index (χ4n) is 1.13. The van der Waals surface area contributed by atoms with Crippen molar-refractivity contribution in [2.24, 2.45) is 0 Å². The molecule has 0 amide bonds. The van der Waals surface area contributed by atoms with E-state index < -0.39 is 4.92 Å². The van der Waals surface area contributed by atoms with Crippen molar-refractivity contribution in [3.05, 3.63) is 44.5 Å². The van der Waals surface area contributed by atoms with Crippen molar-refractivity contribution in [3.8, 4) is 5.69 Å². The number of hydrogen-bond acceptors (Lipinski definition) is 4. The first-order chi connectivity index (χ1) is 7.18. The van der Waals surface area contributed by atoms with Crippen LogP contribution in [0, 0.1) is 13.7 Å². The molecule has 0 aliphatic rings. The SMILES string of the molecule is O=[N+]([O-])c1ccc(-n2cncn2)c(I)c1. The Morgan fingerprint density at radius 2 is 2.27 bits per heavy atom. The summed E-state index contributed by atoms with van der Waals surface area (Å²) in [6.45, 7) is 0. The molecule has 0 N–H and O–H groups in total. The number of nitro groups is 1. The van der Waals surface area contributed by atoms with Crippen LogP contribution < -0.4 is 0 Å². The average molecular weight is 316 g/mol.